The largest absolute Gasteiger partial charge is 0.366 e. The third-order valence-electron chi connectivity index (χ3n) is 5.90. The van der Waals surface area contributed by atoms with Crippen LogP contribution in [0.25, 0.3) is 22.2 Å². The molecule has 4 aromatic rings. The highest BCUT2D eigenvalue weighted by Gasteiger charge is 2.36. The molecule has 0 spiro atoms. The second-order valence-corrected chi connectivity index (χ2v) is 8.35. The number of rotatable bonds is 7. The predicted octanol–water partition coefficient (Wildman–Crippen LogP) is 4.96. The van der Waals surface area contributed by atoms with Gasteiger partial charge in [-0.3, -0.25) is 19.7 Å². The van der Waals surface area contributed by atoms with Crippen molar-refractivity contribution < 1.29 is 13.6 Å². The van der Waals surface area contributed by atoms with Gasteiger partial charge in [0.05, 0.1) is 31.1 Å². The van der Waals surface area contributed by atoms with Crippen molar-refractivity contribution >= 4 is 22.4 Å². The van der Waals surface area contributed by atoms with Crippen LogP contribution >= 0.6 is 0 Å². The number of hydrogen-bond donors (Lipinski definition) is 1. The average molecular weight is 445 g/mol. The molecule has 6 nitrogen and oxygen atoms in total. The molecule has 1 fully saturated rings. The van der Waals surface area contributed by atoms with Crippen molar-refractivity contribution in [3.05, 3.63) is 78.3 Å². The van der Waals surface area contributed by atoms with Crippen LogP contribution in [0.1, 0.15) is 35.3 Å². The molecule has 0 aliphatic heterocycles. The Labute approximate surface area is 189 Å². The summed E-state index contributed by atoms with van der Waals surface area (Å²) in [6.45, 7) is 0.216. The maximum atomic E-state index is 14.3. The quantitative estimate of drug-likeness (QED) is 0.405. The molecule has 1 aliphatic rings. The van der Waals surface area contributed by atoms with E-state index in [-0.39, 0.29) is 24.6 Å². The monoisotopic (exact) mass is 445 g/mol. The number of hydrogen-bond acceptors (Lipinski definition) is 6. The van der Waals surface area contributed by atoms with Gasteiger partial charge in [0, 0.05) is 29.0 Å². The van der Waals surface area contributed by atoms with Gasteiger partial charge in [0.1, 0.15) is 23.0 Å². The van der Waals surface area contributed by atoms with E-state index in [1.807, 2.05) is 12.1 Å². The summed E-state index contributed by atoms with van der Waals surface area (Å²) in [7, 11) is 0. The van der Waals surface area contributed by atoms with Gasteiger partial charge in [-0.2, -0.15) is 0 Å². The van der Waals surface area contributed by atoms with E-state index in [9.17, 15) is 13.6 Å². The standard InChI is InChI=1S/C25H21F2N5O/c26-19-4-2-16(3-5-19)23(33)10-20-8-17-9-21(30-12-18(17)11-29-20)22-13-28-14-24(32-22)31-15-25(27)6-1-7-25/h2-5,8-9,11-14H,1,6-7,10,15H2,(H,31,32). The summed E-state index contributed by atoms with van der Waals surface area (Å²) in [5.41, 5.74) is 1.05. The van der Waals surface area contributed by atoms with Gasteiger partial charge in [-0.05, 0) is 61.0 Å². The topological polar surface area (TPSA) is 80.7 Å². The van der Waals surface area contributed by atoms with Gasteiger partial charge in [-0.15, -0.1) is 0 Å². The third kappa shape index (κ3) is 4.69. The number of anilines is 1. The second-order valence-electron chi connectivity index (χ2n) is 8.35. The van der Waals surface area contributed by atoms with Crippen molar-refractivity contribution in [2.24, 2.45) is 0 Å². The summed E-state index contributed by atoms with van der Waals surface area (Å²) < 4.78 is 27.4. The molecular weight excluding hydrogens is 424 g/mol. The van der Waals surface area contributed by atoms with Gasteiger partial charge in [0.2, 0.25) is 0 Å². The molecule has 0 atom stereocenters. The van der Waals surface area contributed by atoms with Crippen LogP contribution < -0.4 is 5.32 Å². The summed E-state index contributed by atoms with van der Waals surface area (Å²) >= 11 is 0. The maximum absolute atomic E-state index is 14.3. The molecule has 1 saturated carbocycles. The van der Waals surface area contributed by atoms with Crippen LogP contribution in [0.15, 0.2) is 61.2 Å². The Bertz CT molecular complexity index is 1320. The van der Waals surface area contributed by atoms with Crippen molar-refractivity contribution in [1.82, 2.24) is 19.9 Å². The minimum Gasteiger partial charge on any atom is -0.366 e. The van der Waals surface area contributed by atoms with Crippen molar-refractivity contribution in [2.45, 2.75) is 31.4 Å². The zero-order valence-electron chi connectivity index (χ0n) is 17.8. The number of carbonyl (C=O) groups is 1. The number of halogens is 2. The number of pyridine rings is 2. The van der Waals surface area contributed by atoms with E-state index in [0.717, 1.165) is 17.2 Å². The van der Waals surface area contributed by atoms with E-state index < -0.39 is 5.67 Å². The fourth-order valence-electron chi connectivity index (χ4n) is 3.78. The first-order valence-corrected chi connectivity index (χ1v) is 10.8. The molecule has 0 amide bonds. The minimum absolute atomic E-state index is 0.101. The molecule has 33 heavy (non-hydrogen) atoms. The normalized spacial score (nSPS) is 14.6. The Hall–Kier alpha value is -3.81. The molecule has 0 unspecified atom stereocenters. The molecule has 1 aromatic carbocycles. The van der Waals surface area contributed by atoms with Crippen LogP contribution in [0.2, 0.25) is 0 Å². The number of nitrogens with zero attached hydrogens (tertiary/aromatic N) is 4. The van der Waals surface area contributed by atoms with Gasteiger partial charge >= 0.3 is 0 Å². The van der Waals surface area contributed by atoms with Crippen LogP contribution in [-0.4, -0.2) is 37.9 Å². The first-order valence-electron chi connectivity index (χ1n) is 10.8. The Morgan fingerprint density at radius 2 is 1.76 bits per heavy atom. The lowest BCUT2D eigenvalue weighted by molar-refractivity contribution is 0.0783. The highest BCUT2D eigenvalue weighted by Crippen LogP contribution is 2.35. The Kier molecular flexibility index (Phi) is 5.50. The zero-order valence-corrected chi connectivity index (χ0v) is 17.8. The first kappa shape index (κ1) is 21.1. The van der Waals surface area contributed by atoms with E-state index >= 15 is 0 Å². The highest BCUT2D eigenvalue weighted by molar-refractivity contribution is 5.97. The molecule has 0 saturated heterocycles. The Morgan fingerprint density at radius 3 is 2.52 bits per heavy atom. The van der Waals surface area contributed by atoms with E-state index in [1.54, 1.807) is 24.8 Å². The average Bonchev–Trinajstić information content (AvgIpc) is 2.81. The van der Waals surface area contributed by atoms with E-state index in [4.69, 9.17) is 0 Å². The number of benzene rings is 1. The van der Waals surface area contributed by atoms with Gasteiger partial charge in [0.25, 0.3) is 0 Å². The zero-order chi connectivity index (χ0) is 22.8. The maximum Gasteiger partial charge on any atom is 0.168 e. The van der Waals surface area contributed by atoms with Gasteiger partial charge in [0.15, 0.2) is 5.78 Å². The molecule has 1 N–H and O–H groups in total. The third-order valence-corrected chi connectivity index (χ3v) is 5.90. The molecule has 166 valence electrons. The van der Waals surface area contributed by atoms with Crippen LogP contribution in [0.5, 0.6) is 0 Å². The molecule has 0 bridgehead atoms. The Balaban J connectivity index is 1.36. The number of fused-ring (bicyclic) bond motifs is 1. The lowest BCUT2D eigenvalue weighted by Gasteiger charge is -2.33. The van der Waals surface area contributed by atoms with Crippen molar-refractivity contribution in [3.8, 4) is 11.4 Å². The van der Waals surface area contributed by atoms with E-state index in [1.165, 1.54) is 24.3 Å². The lowest BCUT2D eigenvalue weighted by Crippen LogP contribution is -2.39. The minimum atomic E-state index is -1.16. The first-order chi connectivity index (χ1) is 16.0. The van der Waals surface area contributed by atoms with Gasteiger partial charge in [-0.1, -0.05) is 0 Å². The number of aromatic nitrogens is 4. The van der Waals surface area contributed by atoms with Gasteiger partial charge in [-0.25, -0.2) is 13.8 Å². The highest BCUT2D eigenvalue weighted by atomic mass is 19.1. The van der Waals surface area contributed by atoms with Crippen LogP contribution in [0.3, 0.4) is 0 Å². The second kappa shape index (κ2) is 8.61. The summed E-state index contributed by atoms with van der Waals surface area (Å²) in [5.74, 6) is -0.0264. The van der Waals surface area contributed by atoms with E-state index in [2.05, 4.69) is 25.3 Å². The summed E-state index contributed by atoms with van der Waals surface area (Å²) in [6.07, 6.45) is 8.68. The number of Topliss-reactive ketones (excluding diaryl/α,β-unsaturated/α-hetero) is 1. The summed E-state index contributed by atoms with van der Waals surface area (Å²) in [5, 5.41) is 4.72. The van der Waals surface area contributed by atoms with Crippen LogP contribution in [-0.2, 0) is 6.42 Å². The summed E-state index contributed by atoms with van der Waals surface area (Å²) in [6, 6.07) is 9.16. The molecule has 8 heteroatoms. The smallest absolute Gasteiger partial charge is 0.168 e. The predicted molar refractivity (Wildman–Crippen MR) is 121 cm³/mol. The Morgan fingerprint density at radius 1 is 0.970 bits per heavy atom. The number of carbonyl (C=O) groups excluding carboxylic acids is 1. The fourth-order valence-corrected chi connectivity index (χ4v) is 3.78. The molecular formula is C25H21F2N5O. The van der Waals surface area contributed by atoms with Gasteiger partial charge < -0.3 is 5.32 Å². The fraction of sp³-hybridized carbons (Fsp3) is 0.240. The molecule has 1 aliphatic carbocycles. The summed E-state index contributed by atoms with van der Waals surface area (Å²) in [4.78, 5) is 30.1. The number of nitrogens with one attached hydrogen (secondary N) is 1. The molecule has 3 aromatic heterocycles. The van der Waals surface area contributed by atoms with Crippen molar-refractivity contribution in [1.29, 1.82) is 0 Å². The van der Waals surface area contributed by atoms with Crippen LogP contribution in [0.4, 0.5) is 14.6 Å². The van der Waals surface area contributed by atoms with E-state index in [0.29, 0.717) is 41.3 Å². The number of alkyl halides is 1. The SMILES string of the molecule is O=C(Cc1cc2cc(-c3cncc(NCC4(F)CCC4)n3)ncc2cn1)c1ccc(F)cc1. The number of ketones is 1. The molecule has 3 heterocycles. The van der Waals surface area contributed by atoms with Crippen molar-refractivity contribution in [2.75, 3.05) is 11.9 Å². The molecule has 5 rings (SSSR count). The van der Waals surface area contributed by atoms with Crippen LogP contribution in [0, 0.1) is 5.82 Å². The lowest BCUT2D eigenvalue weighted by atomic mass is 9.82. The van der Waals surface area contributed by atoms with Crippen molar-refractivity contribution in [3.63, 3.8) is 0 Å². The molecule has 0 radical (unpaired) electrons.